The number of piperidine rings is 1. The molecule has 2 heterocycles. The van der Waals surface area contributed by atoms with E-state index in [-0.39, 0.29) is 6.09 Å². The van der Waals surface area contributed by atoms with E-state index >= 15 is 0 Å². The Labute approximate surface area is 143 Å². The van der Waals surface area contributed by atoms with Gasteiger partial charge in [0.05, 0.1) is 12.8 Å². The topological polar surface area (TPSA) is 75.4 Å². The Balaban J connectivity index is 1.67. The third-order valence-electron chi connectivity index (χ3n) is 3.91. The fourth-order valence-corrected chi connectivity index (χ4v) is 2.61. The lowest BCUT2D eigenvalue weighted by molar-refractivity contribution is 0.0177. The molecule has 0 radical (unpaired) electrons. The average Bonchev–Trinajstić information content (AvgIpc) is 2.54. The van der Waals surface area contributed by atoms with Crippen LogP contribution in [-0.4, -0.2) is 41.3 Å². The second kappa shape index (κ2) is 8.00. The van der Waals surface area contributed by atoms with Gasteiger partial charge in [-0.05, 0) is 58.1 Å². The Bertz CT molecular complexity index is 579. The first-order chi connectivity index (χ1) is 11.4. The van der Waals surface area contributed by atoms with E-state index in [2.05, 4.69) is 4.98 Å². The maximum Gasteiger partial charge on any atom is 0.410 e. The van der Waals surface area contributed by atoms with Crippen LogP contribution in [0.15, 0.2) is 18.3 Å². The van der Waals surface area contributed by atoms with Gasteiger partial charge in [-0.15, -0.1) is 0 Å². The summed E-state index contributed by atoms with van der Waals surface area (Å²) in [7, 11) is 0. The molecule has 24 heavy (non-hydrogen) atoms. The van der Waals surface area contributed by atoms with Crippen LogP contribution in [0.3, 0.4) is 0 Å². The average molecular weight is 331 g/mol. The Kier molecular flexibility index (Phi) is 6.02. The molecule has 0 atom stereocenters. The van der Waals surface area contributed by atoms with Crippen LogP contribution in [0.2, 0.25) is 0 Å². The summed E-state index contributed by atoms with van der Waals surface area (Å²) in [5.74, 6) is 1.23. The molecule has 0 saturated carbocycles. The monoisotopic (exact) mass is 331 g/mol. The molecule has 6 nitrogen and oxygen atoms in total. The van der Waals surface area contributed by atoms with Crippen LogP contribution < -0.4 is 4.74 Å². The number of carbonyl (C=O) groups excluding carboxylic acids is 1. The number of hydrogen-bond donors (Lipinski definition) is 0. The van der Waals surface area contributed by atoms with E-state index in [1.165, 1.54) is 0 Å². The summed E-state index contributed by atoms with van der Waals surface area (Å²) in [6.07, 6.45) is 4.23. The Morgan fingerprint density at radius 2 is 2.08 bits per heavy atom. The first kappa shape index (κ1) is 18.1. The number of pyridine rings is 1. The molecule has 1 aliphatic rings. The highest BCUT2D eigenvalue weighted by Crippen LogP contribution is 2.22. The lowest BCUT2D eigenvalue weighted by Gasteiger charge is -2.33. The minimum absolute atomic E-state index is 0.221. The van der Waals surface area contributed by atoms with Crippen molar-refractivity contribution in [3.63, 3.8) is 0 Å². The molecule has 1 aromatic rings. The molecule has 0 N–H and O–H groups in total. The Hall–Kier alpha value is -2.29. The zero-order chi connectivity index (χ0) is 17.6. The summed E-state index contributed by atoms with van der Waals surface area (Å²) in [4.78, 5) is 17.8. The van der Waals surface area contributed by atoms with E-state index in [9.17, 15) is 4.79 Å². The van der Waals surface area contributed by atoms with E-state index in [1.54, 1.807) is 23.2 Å². The predicted octanol–water partition coefficient (Wildman–Crippen LogP) is 3.37. The maximum atomic E-state index is 12.0. The number of nitrogens with zero attached hydrogens (tertiary/aromatic N) is 3. The highest BCUT2D eigenvalue weighted by Gasteiger charge is 2.26. The summed E-state index contributed by atoms with van der Waals surface area (Å²) in [5.41, 5.74) is -0.0615. The molecular formula is C18H25N3O3. The second-order valence-corrected chi connectivity index (χ2v) is 7.04. The van der Waals surface area contributed by atoms with Gasteiger partial charge in [0, 0.05) is 13.1 Å². The van der Waals surface area contributed by atoms with E-state index in [0.29, 0.717) is 24.0 Å². The minimum atomic E-state index is -0.448. The van der Waals surface area contributed by atoms with Gasteiger partial charge in [-0.1, -0.05) is 0 Å². The fraction of sp³-hybridized carbons (Fsp3) is 0.611. The lowest BCUT2D eigenvalue weighted by atomic mass is 9.94. The number of aromatic nitrogens is 1. The maximum absolute atomic E-state index is 12.0. The van der Waals surface area contributed by atoms with E-state index in [4.69, 9.17) is 14.7 Å². The zero-order valence-electron chi connectivity index (χ0n) is 14.6. The molecular weight excluding hydrogens is 306 g/mol. The van der Waals surface area contributed by atoms with E-state index in [1.807, 2.05) is 26.8 Å². The molecule has 0 spiro atoms. The summed E-state index contributed by atoms with van der Waals surface area (Å²) in [6.45, 7) is 7.73. The molecule has 1 aliphatic heterocycles. The van der Waals surface area contributed by atoms with Gasteiger partial charge < -0.3 is 14.4 Å². The van der Waals surface area contributed by atoms with E-state index in [0.717, 1.165) is 32.4 Å². The van der Waals surface area contributed by atoms with Crippen molar-refractivity contribution in [1.29, 1.82) is 5.26 Å². The number of ether oxygens (including phenoxy) is 2. The lowest BCUT2D eigenvalue weighted by Crippen LogP contribution is -2.41. The van der Waals surface area contributed by atoms with Gasteiger partial charge in [-0.25, -0.2) is 9.78 Å². The molecule has 0 unspecified atom stereocenters. The van der Waals surface area contributed by atoms with Crippen molar-refractivity contribution in [3.8, 4) is 11.8 Å². The first-order valence-electron chi connectivity index (χ1n) is 8.34. The Morgan fingerprint density at radius 1 is 1.38 bits per heavy atom. The largest absolute Gasteiger partial charge is 0.492 e. The normalized spacial score (nSPS) is 15.7. The SMILES string of the molecule is CC(C)(C)OC(=O)N1CCC(CCOc2ccc(C#N)nc2)CC1. The van der Waals surface area contributed by atoms with Crippen LogP contribution >= 0.6 is 0 Å². The first-order valence-corrected chi connectivity index (χ1v) is 8.34. The van der Waals surface area contributed by atoms with Crippen LogP contribution in [0, 0.1) is 17.2 Å². The van der Waals surface area contributed by atoms with Gasteiger partial charge in [-0.3, -0.25) is 0 Å². The van der Waals surface area contributed by atoms with Gasteiger partial charge in [0.25, 0.3) is 0 Å². The number of carbonyl (C=O) groups is 1. The van der Waals surface area contributed by atoms with Gasteiger partial charge >= 0.3 is 6.09 Å². The molecule has 130 valence electrons. The van der Waals surface area contributed by atoms with Crippen molar-refractivity contribution in [2.75, 3.05) is 19.7 Å². The number of hydrogen-bond acceptors (Lipinski definition) is 5. The van der Waals surface area contributed by atoms with Crippen molar-refractivity contribution in [3.05, 3.63) is 24.0 Å². The molecule has 1 saturated heterocycles. The van der Waals surface area contributed by atoms with E-state index < -0.39 is 5.60 Å². The van der Waals surface area contributed by atoms with Crippen LogP contribution in [0.4, 0.5) is 4.79 Å². The quantitative estimate of drug-likeness (QED) is 0.845. The standard InChI is InChI=1S/C18H25N3O3/c1-18(2,3)24-17(22)21-9-6-14(7-10-21)8-11-23-16-5-4-15(12-19)20-13-16/h4-5,13-14H,6-11H2,1-3H3. The van der Waals surface area contributed by atoms with Gasteiger partial charge in [-0.2, -0.15) is 5.26 Å². The van der Waals surface area contributed by atoms with Crippen LogP contribution in [0.5, 0.6) is 5.75 Å². The summed E-state index contributed by atoms with van der Waals surface area (Å²) in [5, 5.41) is 8.71. The summed E-state index contributed by atoms with van der Waals surface area (Å²) >= 11 is 0. The molecule has 6 heteroatoms. The summed E-state index contributed by atoms with van der Waals surface area (Å²) in [6, 6.07) is 5.39. The van der Waals surface area contributed by atoms with Crippen molar-refractivity contribution < 1.29 is 14.3 Å². The summed E-state index contributed by atoms with van der Waals surface area (Å²) < 4.78 is 11.1. The van der Waals surface area contributed by atoms with Gasteiger partial charge in [0.15, 0.2) is 0 Å². The van der Waals surface area contributed by atoms with Gasteiger partial charge in [0.2, 0.25) is 0 Å². The van der Waals surface area contributed by atoms with Crippen LogP contribution in [0.25, 0.3) is 0 Å². The number of rotatable bonds is 4. The van der Waals surface area contributed by atoms with Crippen molar-refractivity contribution in [2.24, 2.45) is 5.92 Å². The Morgan fingerprint density at radius 3 is 2.62 bits per heavy atom. The van der Waals surface area contributed by atoms with Crippen LogP contribution in [0.1, 0.15) is 45.7 Å². The van der Waals surface area contributed by atoms with Crippen molar-refractivity contribution in [2.45, 2.75) is 45.6 Å². The third-order valence-corrected chi connectivity index (χ3v) is 3.91. The second-order valence-electron chi connectivity index (χ2n) is 7.04. The number of likely N-dealkylation sites (tertiary alicyclic amines) is 1. The smallest absolute Gasteiger partial charge is 0.410 e. The highest BCUT2D eigenvalue weighted by molar-refractivity contribution is 5.68. The predicted molar refractivity (Wildman–Crippen MR) is 89.6 cm³/mol. The van der Waals surface area contributed by atoms with Crippen LogP contribution in [-0.2, 0) is 4.74 Å². The minimum Gasteiger partial charge on any atom is -0.492 e. The zero-order valence-corrected chi connectivity index (χ0v) is 14.6. The van der Waals surface area contributed by atoms with Crippen molar-refractivity contribution >= 4 is 6.09 Å². The third kappa shape index (κ3) is 5.73. The molecule has 1 amide bonds. The van der Waals surface area contributed by atoms with Crippen molar-refractivity contribution in [1.82, 2.24) is 9.88 Å². The highest BCUT2D eigenvalue weighted by atomic mass is 16.6. The molecule has 1 fully saturated rings. The molecule has 2 rings (SSSR count). The van der Waals surface area contributed by atoms with Gasteiger partial charge in [0.1, 0.15) is 23.1 Å². The number of nitriles is 1. The number of amides is 1. The fourth-order valence-electron chi connectivity index (χ4n) is 2.61. The molecule has 1 aromatic heterocycles. The molecule has 0 aliphatic carbocycles. The molecule has 0 bridgehead atoms. The molecule has 0 aromatic carbocycles.